The molecule has 12 heteroatoms. The molecule has 2 N–H and O–H groups in total. The van der Waals surface area contributed by atoms with Crippen LogP contribution >= 0.6 is 11.6 Å². The van der Waals surface area contributed by atoms with Crippen LogP contribution in [0.4, 0.5) is 0 Å². The maximum Gasteiger partial charge on any atom is 0.325 e. The van der Waals surface area contributed by atoms with Crippen molar-refractivity contribution >= 4 is 39.4 Å². The van der Waals surface area contributed by atoms with Crippen LogP contribution in [0.25, 0.3) is 0 Å². The highest BCUT2D eigenvalue weighted by Crippen LogP contribution is 2.30. The van der Waals surface area contributed by atoms with Crippen molar-refractivity contribution in [2.75, 3.05) is 46.9 Å². The Morgan fingerprint density at radius 1 is 1.08 bits per heavy atom. The molecule has 0 aliphatic carbocycles. The largest absolute Gasteiger partial charge is 0.379 e. The predicted octanol–water partition coefficient (Wildman–Crippen LogP) is 2.34. The Morgan fingerprint density at radius 2 is 1.75 bits per heavy atom. The van der Waals surface area contributed by atoms with Crippen molar-refractivity contribution in [2.45, 2.75) is 12.3 Å². The van der Waals surface area contributed by atoms with Gasteiger partial charge >= 0.3 is 10.2 Å². The summed E-state index contributed by atoms with van der Waals surface area (Å²) in [5, 5.41) is 7.00. The first kappa shape index (κ1) is 26.1. The summed E-state index contributed by atoms with van der Waals surface area (Å²) in [6.07, 6.45) is 0.666. The Morgan fingerprint density at radius 3 is 2.39 bits per heavy atom. The summed E-state index contributed by atoms with van der Waals surface area (Å²) in [5.74, 6) is 0.0147. The molecular weight excluding hydrogens is 502 g/mol. The monoisotopic (exact) mass is 531 g/mol. The van der Waals surface area contributed by atoms with E-state index in [4.69, 9.17) is 27.2 Å². The summed E-state index contributed by atoms with van der Waals surface area (Å²) in [7, 11) is -0.586. The van der Waals surface area contributed by atoms with Gasteiger partial charge in [0.15, 0.2) is 5.96 Å². The molecule has 2 heterocycles. The molecule has 0 amide bonds. The first-order valence-electron chi connectivity index (χ1n) is 11.6. The maximum absolute atomic E-state index is 13.1. The molecule has 2 aliphatic rings. The molecule has 2 aliphatic heterocycles. The summed E-state index contributed by atoms with van der Waals surface area (Å²) >= 11 is 6.13. The number of nitrogens with two attached hydrogens (primary N) is 1. The second kappa shape index (κ2) is 11.4. The van der Waals surface area contributed by atoms with E-state index in [2.05, 4.69) is 21.5 Å². The number of benzene rings is 2. The maximum atomic E-state index is 13.1. The highest BCUT2D eigenvalue weighted by molar-refractivity contribution is 7.87. The lowest BCUT2D eigenvalue weighted by atomic mass is 9.86. The first-order chi connectivity index (χ1) is 17.2. The summed E-state index contributed by atoms with van der Waals surface area (Å²) in [4.78, 5) is 5.93. The number of hydrazone groups is 1. The minimum Gasteiger partial charge on any atom is -0.379 e. The van der Waals surface area contributed by atoms with Gasteiger partial charge in [0, 0.05) is 44.7 Å². The third-order valence-electron chi connectivity index (χ3n) is 5.93. The SMILES string of the molecule is CN(C)/C(N)=N/C(=N\S(=O)(=O)N1CCOCC1)N1CCC(c2ccccc2)C(c2ccc(Cl)cc2)=N1. The van der Waals surface area contributed by atoms with Crippen LogP contribution in [0.3, 0.4) is 0 Å². The number of hydrogen-bond donors (Lipinski definition) is 1. The van der Waals surface area contributed by atoms with Gasteiger partial charge in [-0.05, 0) is 29.7 Å². The summed E-state index contributed by atoms with van der Waals surface area (Å²) in [6.45, 7) is 1.48. The molecule has 2 aromatic carbocycles. The number of halogens is 1. The average molecular weight is 532 g/mol. The summed E-state index contributed by atoms with van der Waals surface area (Å²) in [6, 6.07) is 17.5. The Kier molecular flexibility index (Phi) is 8.24. The van der Waals surface area contributed by atoms with E-state index in [1.807, 2.05) is 30.3 Å². The Bertz CT molecular complexity index is 1240. The van der Waals surface area contributed by atoms with Crippen molar-refractivity contribution in [1.29, 1.82) is 0 Å². The number of guanidine groups is 2. The zero-order chi connectivity index (χ0) is 25.7. The van der Waals surface area contributed by atoms with Crippen LogP contribution in [0.15, 0.2) is 69.1 Å². The zero-order valence-corrected chi connectivity index (χ0v) is 21.9. The van der Waals surface area contributed by atoms with E-state index in [-0.39, 0.29) is 30.9 Å². The first-order valence-corrected chi connectivity index (χ1v) is 13.4. The van der Waals surface area contributed by atoms with E-state index >= 15 is 0 Å². The topological polar surface area (TPSA) is 116 Å². The van der Waals surface area contributed by atoms with Gasteiger partial charge in [-0.2, -0.15) is 22.8 Å². The lowest BCUT2D eigenvalue weighted by molar-refractivity contribution is 0.0730. The minimum absolute atomic E-state index is 0.00380. The molecule has 1 fully saturated rings. The Labute approximate surface area is 216 Å². The van der Waals surface area contributed by atoms with E-state index in [9.17, 15) is 8.42 Å². The second-order valence-electron chi connectivity index (χ2n) is 8.61. The van der Waals surface area contributed by atoms with E-state index in [0.717, 1.165) is 16.8 Å². The van der Waals surface area contributed by atoms with Crippen molar-refractivity contribution in [3.05, 3.63) is 70.7 Å². The van der Waals surface area contributed by atoms with Gasteiger partial charge in [-0.15, -0.1) is 4.40 Å². The van der Waals surface area contributed by atoms with E-state index in [1.165, 1.54) is 9.31 Å². The highest BCUT2D eigenvalue weighted by Gasteiger charge is 2.31. The number of aliphatic imine (C=N–C) groups is 1. The fourth-order valence-electron chi connectivity index (χ4n) is 3.94. The van der Waals surface area contributed by atoms with Crippen molar-refractivity contribution in [3.63, 3.8) is 0 Å². The van der Waals surface area contributed by atoms with Gasteiger partial charge in [-0.1, -0.05) is 54.1 Å². The number of rotatable bonds is 4. The molecule has 1 saturated heterocycles. The van der Waals surface area contributed by atoms with Gasteiger partial charge in [-0.25, -0.2) is 5.01 Å². The van der Waals surface area contributed by atoms with Gasteiger partial charge in [0.2, 0.25) is 0 Å². The molecule has 0 saturated carbocycles. The normalized spacial score (nSPS) is 20.2. The Hall–Kier alpha value is -2.99. The van der Waals surface area contributed by atoms with Gasteiger partial charge in [0.05, 0.1) is 18.9 Å². The van der Waals surface area contributed by atoms with Crippen LogP contribution in [-0.4, -0.2) is 87.2 Å². The minimum atomic E-state index is -4.02. The van der Waals surface area contributed by atoms with Gasteiger partial charge in [0.1, 0.15) is 0 Å². The predicted molar refractivity (Wildman–Crippen MR) is 143 cm³/mol. The number of hydrogen-bond acceptors (Lipinski definition) is 4. The molecule has 36 heavy (non-hydrogen) atoms. The van der Waals surface area contributed by atoms with Crippen molar-refractivity contribution in [2.24, 2.45) is 20.2 Å². The van der Waals surface area contributed by atoms with Crippen LogP contribution in [-0.2, 0) is 14.9 Å². The number of morpholine rings is 1. The van der Waals surface area contributed by atoms with Crippen LogP contribution in [0.5, 0.6) is 0 Å². The molecule has 4 rings (SSSR count). The van der Waals surface area contributed by atoms with E-state index < -0.39 is 10.2 Å². The van der Waals surface area contributed by atoms with E-state index in [1.54, 1.807) is 31.1 Å². The standard InChI is InChI=1S/C24H30ClN7O3S/c1-30(2)23(26)27-24(29-36(33,34)31-14-16-35-17-15-31)32-13-12-21(18-6-4-3-5-7-18)22(28-32)19-8-10-20(25)11-9-19/h3-11,21H,12-17H2,1-2H3,(H2,26,27,29). The molecule has 2 aromatic rings. The molecule has 0 aromatic heterocycles. The van der Waals surface area contributed by atoms with Crippen LogP contribution in [0.1, 0.15) is 23.5 Å². The quantitative estimate of drug-likeness (QED) is 0.478. The third-order valence-corrected chi connectivity index (χ3v) is 7.59. The van der Waals surface area contributed by atoms with Gasteiger partial charge in [0.25, 0.3) is 5.96 Å². The van der Waals surface area contributed by atoms with Crippen LogP contribution in [0.2, 0.25) is 5.02 Å². The van der Waals surface area contributed by atoms with E-state index in [0.29, 0.717) is 31.2 Å². The van der Waals surface area contributed by atoms with Gasteiger partial charge in [-0.3, -0.25) is 0 Å². The second-order valence-corrected chi connectivity index (χ2v) is 10.6. The average Bonchev–Trinajstić information content (AvgIpc) is 2.89. The summed E-state index contributed by atoms with van der Waals surface area (Å²) in [5.41, 5.74) is 8.83. The van der Waals surface area contributed by atoms with Crippen LogP contribution in [0, 0.1) is 0 Å². The Balaban J connectivity index is 1.79. The molecule has 10 nitrogen and oxygen atoms in total. The zero-order valence-electron chi connectivity index (χ0n) is 20.3. The third kappa shape index (κ3) is 6.22. The lowest BCUT2D eigenvalue weighted by Gasteiger charge is -2.31. The lowest BCUT2D eigenvalue weighted by Crippen LogP contribution is -2.42. The molecule has 1 unspecified atom stereocenters. The van der Waals surface area contributed by atoms with Crippen molar-refractivity contribution in [1.82, 2.24) is 14.2 Å². The number of nitrogens with zero attached hydrogens (tertiary/aromatic N) is 6. The molecular formula is C24H30ClN7O3S. The number of ether oxygens (including phenoxy) is 1. The highest BCUT2D eigenvalue weighted by atomic mass is 35.5. The van der Waals surface area contributed by atoms with Crippen molar-refractivity contribution < 1.29 is 13.2 Å². The van der Waals surface area contributed by atoms with Gasteiger partial charge < -0.3 is 15.4 Å². The smallest absolute Gasteiger partial charge is 0.325 e. The molecule has 0 bridgehead atoms. The molecule has 0 radical (unpaired) electrons. The fourth-order valence-corrected chi connectivity index (χ4v) is 5.13. The fraction of sp³-hybridized carbons (Fsp3) is 0.375. The van der Waals surface area contributed by atoms with Crippen molar-refractivity contribution in [3.8, 4) is 0 Å². The molecule has 1 atom stereocenters. The molecule has 0 spiro atoms. The van der Waals surface area contributed by atoms with Crippen LogP contribution < -0.4 is 5.73 Å². The summed E-state index contributed by atoms with van der Waals surface area (Å²) < 4.78 is 36.9. The molecule has 192 valence electrons.